The Morgan fingerprint density at radius 2 is 2.12 bits per heavy atom. The monoisotopic (exact) mass is 156 g/mol. The predicted octanol–water partition coefficient (Wildman–Crippen LogP) is 0.631. The zero-order valence-corrected chi connectivity index (χ0v) is 6.38. The van der Waals surface area contributed by atoms with Gasteiger partial charge in [0.1, 0.15) is 0 Å². The van der Waals surface area contributed by atoms with Crippen LogP contribution in [0.5, 0.6) is 0 Å². The topological polar surface area (TPSA) is 43.4 Å². The van der Waals surface area contributed by atoms with E-state index in [-0.39, 0.29) is 0 Å². The van der Waals surface area contributed by atoms with Gasteiger partial charge in [0.2, 0.25) is 0 Å². The van der Waals surface area contributed by atoms with Crippen LogP contribution in [0.1, 0.15) is 6.92 Å². The van der Waals surface area contributed by atoms with E-state index in [1.54, 1.807) is 0 Å². The Hall–Kier alpha value is 0.260. The molecule has 0 aromatic rings. The fraction of sp³-hybridized carbons (Fsp3) is 1.00. The molecule has 8 heavy (non-hydrogen) atoms. The average molecular weight is 156 g/mol. The van der Waals surface area contributed by atoms with Crippen LogP contribution in [0, 0.1) is 0 Å². The fourth-order valence-corrected chi connectivity index (χ4v) is 1.22. The Morgan fingerprint density at radius 3 is 2.25 bits per heavy atom. The molecule has 0 unspecified atom stereocenters. The van der Waals surface area contributed by atoms with Crippen LogP contribution in [0.3, 0.4) is 0 Å². The van der Waals surface area contributed by atoms with Gasteiger partial charge < -0.3 is 0 Å². The van der Waals surface area contributed by atoms with Gasteiger partial charge in [0.15, 0.2) is 0 Å². The maximum atomic E-state index is 10.1. The highest BCUT2D eigenvalue weighted by Crippen LogP contribution is 2.04. The van der Waals surface area contributed by atoms with E-state index in [4.69, 9.17) is 0 Å². The minimum absolute atomic E-state index is 0.646. The Kier molecular flexibility index (Phi) is 3.43. The number of hydrogen-bond acceptors (Lipinski definition) is 4. The van der Waals surface area contributed by atoms with Crippen molar-refractivity contribution >= 4 is 22.2 Å². The molecule has 0 saturated heterocycles. The minimum atomic E-state index is -3.22. The first-order valence-corrected chi connectivity index (χ1v) is 4.80. The van der Waals surface area contributed by atoms with Gasteiger partial charge in [0.25, 0.3) is 10.1 Å². The normalized spacial score (nSPS) is 11.8. The maximum Gasteiger partial charge on any atom is 0.275 e. The van der Waals surface area contributed by atoms with Crippen molar-refractivity contribution in [3.8, 4) is 0 Å². The SMILES string of the molecule is CCSOS(C)(=O)=O. The largest absolute Gasteiger partial charge is 0.275 e. The van der Waals surface area contributed by atoms with Gasteiger partial charge in [-0.1, -0.05) is 6.92 Å². The molecule has 0 aliphatic rings. The standard InChI is InChI=1S/C3H8O3S2/c1-3-7-6-8(2,4)5/h3H2,1-2H3. The maximum absolute atomic E-state index is 10.1. The molecule has 0 fully saturated rings. The van der Waals surface area contributed by atoms with Gasteiger partial charge in [-0.15, -0.1) is 0 Å². The van der Waals surface area contributed by atoms with Crippen molar-refractivity contribution in [2.75, 3.05) is 12.0 Å². The second kappa shape index (κ2) is 3.32. The van der Waals surface area contributed by atoms with Crippen molar-refractivity contribution in [3.63, 3.8) is 0 Å². The summed E-state index contributed by atoms with van der Waals surface area (Å²) in [7, 11) is -3.22. The molecule has 0 spiro atoms. The highest BCUT2D eigenvalue weighted by molar-refractivity contribution is 8.04. The van der Waals surface area contributed by atoms with Crippen LogP contribution in [0.25, 0.3) is 0 Å². The Morgan fingerprint density at radius 1 is 1.62 bits per heavy atom. The van der Waals surface area contributed by atoms with Crippen LogP contribution in [0.2, 0.25) is 0 Å². The van der Waals surface area contributed by atoms with Crippen LogP contribution < -0.4 is 0 Å². The van der Waals surface area contributed by atoms with Crippen molar-refractivity contribution in [2.45, 2.75) is 6.92 Å². The summed E-state index contributed by atoms with van der Waals surface area (Å²) in [4.78, 5) is 0. The van der Waals surface area contributed by atoms with Crippen LogP contribution in [-0.2, 0) is 13.7 Å². The predicted molar refractivity (Wildman–Crippen MR) is 34.1 cm³/mol. The van der Waals surface area contributed by atoms with Gasteiger partial charge in [-0.2, -0.15) is 12.0 Å². The smallest absolute Gasteiger partial charge is 0.199 e. The van der Waals surface area contributed by atoms with Gasteiger partial charge >= 0.3 is 0 Å². The van der Waals surface area contributed by atoms with Crippen molar-refractivity contribution in [1.29, 1.82) is 0 Å². The molecule has 0 saturated carbocycles. The highest BCUT2D eigenvalue weighted by atomic mass is 32.3. The lowest BCUT2D eigenvalue weighted by Gasteiger charge is -1.92. The lowest BCUT2D eigenvalue weighted by atomic mass is 11.0. The first-order chi connectivity index (χ1) is 3.56. The second-order valence-electron chi connectivity index (χ2n) is 1.18. The van der Waals surface area contributed by atoms with E-state index in [1.807, 2.05) is 6.92 Å². The van der Waals surface area contributed by atoms with E-state index in [0.717, 1.165) is 18.3 Å². The molecule has 0 heterocycles. The molecule has 0 rings (SSSR count). The zero-order valence-electron chi connectivity index (χ0n) is 4.75. The molecular formula is C3H8O3S2. The quantitative estimate of drug-likeness (QED) is 0.562. The second-order valence-corrected chi connectivity index (χ2v) is 3.94. The summed E-state index contributed by atoms with van der Waals surface area (Å²) in [5, 5.41) is 0. The van der Waals surface area contributed by atoms with Gasteiger partial charge in [-0.3, -0.25) is 0 Å². The zero-order chi connectivity index (χ0) is 6.62. The summed E-state index contributed by atoms with van der Waals surface area (Å²) < 4.78 is 24.6. The van der Waals surface area contributed by atoms with Crippen LogP contribution in [0.15, 0.2) is 0 Å². The van der Waals surface area contributed by atoms with Crippen LogP contribution in [-0.4, -0.2) is 20.4 Å². The lowest BCUT2D eigenvalue weighted by Crippen LogP contribution is -1.95. The molecule has 0 bridgehead atoms. The summed E-state index contributed by atoms with van der Waals surface area (Å²) >= 11 is 0.927. The summed E-state index contributed by atoms with van der Waals surface area (Å²) in [6.45, 7) is 1.82. The lowest BCUT2D eigenvalue weighted by molar-refractivity contribution is 0.526. The summed E-state index contributed by atoms with van der Waals surface area (Å²) in [5.74, 6) is 0.646. The molecule has 0 aliphatic carbocycles. The Balaban J connectivity index is 3.42. The fourth-order valence-electron chi connectivity index (χ4n) is 0.136. The molecule has 0 aliphatic heterocycles. The average Bonchev–Trinajstić information content (AvgIpc) is 1.59. The summed E-state index contributed by atoms with van der Waals surface area (Å²) in [6, 6.07) is 0. The molecule has 0 aromatic heterocycles. The van der Waals surface area contributed by atoms with Crippen molar-refractivity contribution in [3.05, 3.63) is 0 Å². The third-order valence-electron chi connectivity index (χ3n) is 0.290. The van der Waals surface area contributed by atoms with Gasteiger partial charge in [-0.05, 0) is 0 Å². The molecule has 0 aromatic carbocycles. The molecule has 3 nitrogen and oxygen atoms in total. The molecule has 50 valence electrons. The third-order valence-corrected chi connectivity index (χ3v) is 1.90. The van der Waals surface area contributed by atoms with Crippen molar-refractivity contribution in [2.24, 2.45) is 0 Å². The van der Waals surface area contributed by atoms with E-state index in [2.05, 4.69) is 3.63 Å². The first-order valence-electron chi connectivity index (χ1n) is 2.07. The van der Waals surface area contributed by atoms with E-state index in [1.165, 1.54) is 0 Å². The van der Waals surface area contributed by atoms with Crippen molar-refractivity contribution < 1.29 is 12.0 Å². The van der Waals surface area contributed by atoms with E-state index >= 15 is 0 Å². The van der Waals surface area contributed by atoms with E-state index < -0.39 is 10.1 Å². The molecule has 0 radical (unpaired) electrons. The molecule has 0 atom stereocenters. The third kappa shape index (κ3) is 6.26. The van der Waals surface area contributed by atoms with Crippen LogP contribution in [0.4, 0.5) is 0 Å². The highest BCUT2D eigenvalue weighted by Gasteiger charge is 1.98. The number of rotatable bonds is 3. The van der Waals surface area contributed by atoms with Gasteiger partial charge in [0, 0.05) is 17.8 Å². The Bertz CT molecular complexity index is 137. The van der Waals surface area contributed by atoms with E-state index in [0.29, 0.717) is 5.75 Å². The molecule has 0 N–H and O–H groups in total. The van der Waals surface area contributed by atoms with Crippen molar-refractivity contribution in [1.82, 2.24) is 0 Å². The van der Waals surface area contributed by atoms with Gasteiger partial charge in [0.05, 0.1) is 6.26 Å². The van der Waals surface area contributed by atoms with Crippen LogP contribution >= 0.6 is 12.0 Å². The van der Waals surface area contributed by atoms with E-state index in [9.17, 15) is 8.42 Å². The molecule has 5 heteroatoms. The molecular weight excluding hydrogens is 148 g/mol. The summed E-state index contributed by atoms with van der Waals surface area (Å²) in [6.07, 6.45) is 1.02. The summed E-state index contributed by atoms with van der Waals surface area (Å²) in [5.41, 5.74) is 0. The molecule has 0 amide bonds. The first kappa shape index (κ1) is 8.26. The van der Waals surface area contributed by atoms with Gasteiger partial charge in [-0.25, -0.2) is 0 Å². The Labute approximate surface area is 53.7 Å². The number of hydrogen-bond donors (Lipinski definition) is 0. The minimum Gasteiger partial charge on any atom is -0.199 e.